The molecule has 0 amide bonds. The van der Waals surface area contributed by atoms with Crippen molar-refractivity contribution in [2.45, 2.75) is 105 Å². The van der Waals surface area contributed by atoms with Crippen LogP contribution in [0, 0.1) is 0 Å². The molecule has 11 aromatic rings. The Morgan fingerprint density at radius 1 is 0.329 bits per heavy atom. The van der Waals surface area contributed by atoms with E-state index in [0.717, 1.165) is 17.1 Å². The van der Waals surface area contributed by atoms with Crippen molar-refractivity contribution in [3.8, 4) is 27.9 Å². The van der Waals surface area contributed by atoms with Crippen molar-refractivity contribution < 1.29 is 0 Å². The van der Waals surface area contributed by atoms with E-state index in [1.165, 1.54) is 104 Å². The lowest BCUT2D eigenvalue weighted by Crippen LogP contribution is -2.16. The molecule has 0 aliphatic carbocycles. The van der Waals surface area contributed by atoms with Gasteiger partial charge in [-0.15, -0.1) is 0 Å². The number of para-hydroxylation sites is 1. The predicted molar refractivity (Wildman–Crippen MR) is 305 cm³/mol. The summed E-state index contributed by atoms with van der Waals surface area (Å²) in [6.45, 7) is 27.8. The lowest BCUT2D eigenvalue weighted by atomic mass is 9.79. The predicted octanol–water partition coefficient (Wildman–Crippen LogP) is 19.7. The summed E-state index contributed by atoms with van der Waals surface area (Å²) in [5, 5.41) is 10.1. The summed E-state index contributed by atoms with van der Waals surface area (Å²) in [7, 11) is 0. The fourth-order valence-electron chi connectivity index (χ4n) is 10.8. The highest BCUT2D eigenvalue weighted by atomic mass is 15.1. The molecule has 0 radical (unpaired) electrons. The fourth-order valence-corrected chi connectivity index (χ4v) is 10.8. The second-order valence-electron chi connectivity index (χ2n) is 24.0. The highest BCUT2D eigenvalue weighted by molar-refractivity contribution is 6.27. The first-order chi connectivity index (χ1) is 33.2. The first-order valence-electron chi connectivity index (χ1n) is 25.3. The van der Waals surface area contributed by atoms with E-state index in [-0.39, 0.29) is 21.7 Å². The minimum absolute atomic E-state index is 0.0272. The highest BCUT2D eigenvalue weighted by Gasteiger charge is 2.26. The van der Waals surface area contributed by atoms with Crippen LogP contribution in [0.1, 0.15) is 105 Å². The molecule has 70 heavy (non-hydrogen) atoms. The molecule has 0 unspecified atom stereocenters. The van der Waals surface area contributed by atoms with E-state index in [9.17, 15) is 0 Å². The van der Waals surface area contributed by atoms with Crippen LogP contribution >= 0.6 is 0 Å². The number of aromatic nitrogens is 1. The summed E-state index contributed by atoms with van der Waals surface area (Å²) in [6.07, 6.45) is 0. The summed E-state index contributed by atoms with van der Waals surface area (Å²) in [5.41, 5.74) is 17.4. The molecule has 0 saturated carbocycles. The van der Waals surface area contributed by atoms with Crippen LogP contribution in [0.2, 0.25) is 0 Å². The maximum absolute atomic E-state index is 2.53. The Hall–Kier alpha value is -7.16. The van der Waals surface area contributed by atoms with Crippen molar-refractivity contribution in [3.05, 3.63) is 204 Å². The van der Waals surface area contributed by atoms with Gasteiger partial charge >= 0.3 is 0 Å². The van der Waals surface area contributed by atoms with Gasteiger partial charge < -0.3 is 9.47 Å². The van der Waals surface area contributed by atoms with Crippen LogP contribution in [0.5, 0.6) is 0 Å². The van der Waals surface area contributed by atoms with Crippen LogP contribution in [0.25, 0.3) is 82.1 Å². The first kappa shape index (κ1) is 45.3. The van der Waals surface area contributed by atoms with Gasteiger partial charge in [0.1, 0.15) is 0 Å². The number of benzene rings is 10. The largest absolute Gasteiger partial charge is 0.309 e. The van der Waals surface area contributed by atoms with E-state index < -0.39 is 0 Å². The van der Waals surface area contributed by atoms with Gasteiger partial charge in [-0.3, -0.25) is 0 Å². The zero-order chi connectivity index (χ0) is 49.1. The molecular weight excluding hydrogens is 845 g/mol. The van der Waals surface area contributed by atoms with Crippen molar-refractivity contribution in [1.82, 2.24) is 4.57 Å². The van der Waals surface area contributed by atoms with Crippen molar-refractivity contribution in [2.75, 3.05) is 4.90 Å². The molecule has 10 aromatic carbocycles. The molecular formula is C68H66N2. The molecule has 0 fully saturated rings. The van der Waals surface area contributed by atoms with Crippen molar-refractivity contribution in [3.63, 3.8) is 0 Å². The summed E-state index contributed by atoms with van der Waals surface area (Å²) in [4.78, 5) is 2.50. The van der Waals surface area contributed by atoms with Crippen molar-refractivity contribution in [2.24, 2.45) is 0 Å². The zero-order valence-corrected chi connectivity index (χ0v) is 43.2. The Balaban J connectivity index is 1.14. The second-order valence-corrected chi connectivity index (χ2v) is 24.0. The lowest BCUT2D eigenvalue weighted by Gasteiger charge is -2.30. The Morgan fingerprint density at radius 3 is 1.40 bits per heavy atom. The molecule has 0 aliphatic heterocycles. The minimum Gasteiger partial charge on any atom is -0.309 e. The van der Waals surface area contributed by atoms with Gasteiger partial charge in [-0.05, 0) is 137 Å². The zero-order valence-electron chi connectivity index (χ0n) is 43.2. The molecule has 2 heteroatoms. The topological polar surface area (TPSA) is 8.17 Å². The standard InChI is InChI=1S/C68H66N2/c1-65(2,3)48-28-36-61-56(41-48)57-42-49(66(4,5)6)29-37-62(57)70(61)60-35-27-46-24-32-54-59(34-26-45-25-33-55(60)64(46)63(45)54)69(58-21-17-16-20-53(58)44-18-14-13-15-19-44)52-30-22-43(23-31-52)47-38-50(67(7,8)9)40-51(39-47)68(10,11)12/h13-42H,1-12H3. The van der Waals surface area contributed by atoms with Crippen LogP contribution in [0.4, 0.5) is 17.1 Å². The van der Waals surface area contributed by atoms with Crippen molar-refractivity contribution >= 4 is 71.2 Å². The van der Waals surface area contributed by atoms with Crippen LogP contribution in [-0.2, 0) is 21.7 Å². The van der Waals surface area contributed by atoms with Gasteiger partial charge in [-0.1, -0.05) is 210 Å². The Kier molecular flexibility index (Phi) is 10.5. The SMILES string of the molecule is CC(C)(C)c1cc(-c2ccc(N(c3ccccc3-c3ccccc3)c3ccc4ccc5c(-n6c7ccc(C(C)(C)C)cc7c7cc(C(C)(C)C)ccc76)ccc6ccc3c4c65)cc2)cc(C(C)(C)C)c1. The number of rotatable bonds is 6. The van der Waals surface area contributed by atoms with Gasteiger partial charge in [-0.25, -0.2) is 0 Å². The third-order valence-electron chi connectivity index (χ3n) is 15.0. The monoisotopic (exact) mass is 911 g/mol. The summed E-state index contributed by atoms with van der Waals surface area (Å²) in [6, 6.07) is 69.3. The summed E-state index contributed by atoms with van der Waals surface area (Å²) < 4.78 is 2.53. The average Bonchev–Trinajstić information content (AvgIpc) is 3.66. The number of fused-ring (bicyclic) bond motifs is 3. The molecule has 11 rings (SSSR count). The lowest BCUT2D eigenvalue weighted by molar-refractivity contribution is 0.569. The van der Waals surface area contributed by atoms with Gasteiger partial charge in [0.05, 0.1) is 28.1 Å². The Labute approximate surface area is 415 Å². The highest BCUT2D eigenvalue weighted by Crippen LogP contribution is 2.48. The van der Waals surface area contributed by atoms with E-state index in [1.807, 2.05) is 0 Å². The molecule has 0 atom stereocenters. The molecule has 2 nitrogen and oxygen atoms in total. The van der Waals surface area contributed by atoms with E-state index in [0.29, 0.717) is 0 Å². The fraction of sp³-hybridized carbons (Fsp3) is 0.235. The first-order valence-corrected chi connectivity index (χ1v) is 25.3. The summed E-state index contributed by atoms with van der Waals surface area (Å²) >= 11 is 0. The minimum atomic E-state index is 0.0272. The number of hydrogen-bond donors (Lipinski definition) is 0. The van der Waals surface area contributed by atoms with Gasteiger partial charge in [0.25, 0.3) is 0 Å². The Bertz CT molecular complexity index is 3680. The maximum Gasteiger partial charge on any atom is 0.0541 e. The van der Waals surface area contributed by atoms with Gasteiger partial charge in [0, 0.05) is 32.8 Å². The number of anilines is 3. The van der Waals surface area contributed by atoms with Gasteiger partial charge in [0.2, 0.25) is 0 Å². The smallest absolute Gasteiger partial charge is 0.0541 e. The molecule has 0 bridgehead atoms. The van der Waals surface area contributed by atoms with E-state index in [2.05, 4.69) is 275 Å². The number of nitrogens with zero attached hydrogens (tertiary/aromatic N) is 2. The van der Waals surface area contributed by atoms with Gasteiger partial charge in [-0.2, -0.15) is 0 Å². The molecule has 0 saturated heterocycles. The normalized spacial score (nSPS) is 12.9. The third kappa shape index (κ3) is 7.73. The molecule has 1 aromatic heterocycles. The van der Waals surface area contributed by atoms with E-state index in [1.54, 1.807) is 0 Å². The van der Waals surface area contributed by atoms with Crippen LogP contribution in [-0.4, -0.2) is 4.57 Å². The quantitative estimate of drug-likeness (QED) is 0.151. The average molecular weight is 911 g/mol. The van der Waals surface area contributed by atoms with Crippen LogP contribution in [0.15, 0.2) is 182 Å². The number of hydrogen-bond acceptors (Lipinski definition) is 1. The Morgan fingerprint density at radius 2 is 0.829 bits per heavy atom. The summed E-state index contributed by atoms with van der Waals surface area (Å²) in [5.74, 6) is 0. The van der Waals surface area contributed by atoms with E-state index >= 15 is 0 Å². The molecule has 348 valence electrons. The van der Waals surface area contributed by atoms with Crippen molar-refractivity contribution in [1.29, 1.82) is 0 Å². The maximum atomic E-state index is 2.53. The molecule has 0 spiro atoms. The second kappa shape index (κ2) is 16.2. The molecule has 0 aliphatic rings. The van der Waals surface area contributed by atoms with Crippen LogP contribution < -0.4 is 4.90 Å². The molecule has 0 N–H and O–H groups in total. The van der Waals surface area contributed by atoms with E-state index in [4.69, 9.17) is 0 Å². The third-order valence-corrected chi connectivity index (χ3v) is 15.0. The van der Waals surface area contributed by atoms with Crippen LogP contribution in [0.3, 0.4) is 0 Å². The molecule has 1 heterocycles. The van der Waals surface area contributed by atoms with Gasteiger partial charge in [0.15, 0.2) is 0 Å².